The van der Waals surface area contributed by atoms with E-state index in [0.717, 1.165) is 31.5 Å². The number of benzene rings is 1. The number of H-pyrrole nitrogens is 1. The van der Waals surface area contributed by atoms with Gasteiger partial charge in [0.15, 0.2) is 0 Å². The summed E-state index contributed by atoms with van der Waals surface area (Å²) >= 11 is 0. The minimum Gasteiger partial charge on any atom is -0.346 e. The molecule has 2 N–H and O–H groups in total. The normalized spacial score (nSPS) is 14.2. The fraction of sp³-hybridized carbons (Fsp3) is 0.400. The van der Waals surface area contributed by atoms with Crippen molar-refractivity contribution in [1.29, 1.82) is 0 Å². The van der Waals surface area contributed by atoms with Gasteiger partial charge in [0.05, 0.1) is 0 Å². The maximum atomic E-state index is 12.1. The molecule has 5 heteroatoms. The smallest absolute Gasteiger partial charge is 0.291 e. The Kier molecular flexibility index (Phi) is 3.50. The highest BCUT2D eigenvalue weighted by atomic mass is 16.2. The molecule has 104 valence electrons. The molecule has 1 aromatic heterocycles. The van der Waals surface area contributed by atoms with Gasteiger partial charge in [0.25, 0.3) is 5.91 Å². The number of nitrogens with one attached hydrogen (secondary N) is 2. The fourth-order valence-electron chi connectivity index (χ4n) is 2.66. The van der Waals surface area contributed by atoms with E-state index < -0.39 is 0 Å². The molecule has 0 bridgehead atoms. The molecule has 0 unspecified atom stereocenters. The lowest BCUT2D eigenvalue weighted by atomic mass is 10.1. The number of aryl methyl sites for hydroxylation is 1. The summed E-state index contributed by atoms with van der Waals surface area (Å²) in [4.78, 5) is 16.3. The molecule has 0 saturated heterocycles. The van der Waals surface area contributed by atoms with Crippen LogP contribution in [0, 0.1) is 0 Å². The van der Waals surface area contributed by atoms with Gasteiger partial charge in [-0.1, -0.05) is 31.2 Å². The highest BCUT2D eigenvalue weighted by Crippen LogP contribution is 2.21. The third kappa shape index (κ3) is 2.57. The number of hydrogen-bond donors (Lipinski definition) is 2. The number of fused-ring (bicyclic) bond motifs is 1. The summed E-state index contributed by atoms with van der Waals surface area (Å²) < 4.78 is 0. The largest absolute Gasteiger partial charge is 0.346 e. The molecule has 0 saturated carbocycles. The Morgan fingerprint density at radius 2 is 2.05 bits per heavy atom. The molecule has 2 aromatic rings. The molecular weight excluding hydrogens is 252 g/mol. The van der Waals surface area contributed by atoms with Gasteiger partial charge >= 0.3 is 0 Å². The number of amides is 1. The van der Waals surface area contributed by atoms with Crippen molar-refractivity contribution < 1.29 is 4.79 Å². The molecule has 1 aliphatic rings. The zero-order chi connectivity index (χ0) is 13.9. The van der Waals surface area contributed by atoms with Gasteiger partial charge in [-0.05, 0) is 30.4 Å². The average Bonchev–Trinajstić information content (AvgIpc) is 3.04. The van der Waals surface area contributed by atoms with Crippen LogP contribution >= 0.6 is 0 Å². The molecule has 0 fully saturated rings. The van der Waals surface area contributed by atoms with Gasteiger partial charge in [0, 0.05) is 12.5 Å². The van der Waals surface area contributed by atoms with Crippen molar-refractivity contribution in [2.75, 3.05) is 0 Å². The summed E-state index contributed by atoms with van der Waals surface area (Å²) in [6, 6.07) is 8.46. The number of nitrogens with zero attached hydrogens (tertiary/aromatic N) is 2. The second kappa shape index (κ2) is 5.45. The van der Waals surface area contributed by atoms with Crippen LogP contribution in [0.15, 0.2) is 24.3 Å². The summed E-state index contributed by atoms with van der Waals surface area (Å²) in [5.41, 5.74) is 2.64. The summed E-state index contributed by atoms with van der Waals surface area (Å²) in [5, 5.41) is 9.80. The zero-order valence-corrected chi connectivity index (χ0v) is 11.5. The van der Waals surface area contributed by atoms with Gasteiger partial charge in [0.2, 0.25) is 5.82 Å². The van der Waals surface area contributed by atoms with Crippen molar-refractivity contribution in [3.8, 4) is 0 Å². The van der Waals surface area contributed by atoms with Crippen LogP contribution in [0.1, 0.15) is 40.9 Å². The van der Waals surface area contributed by atoms with Crippen LogP contribution in [-0.4, -0.2) is 27.1 Å². The minimum absolute atomic E-state index is 0.146. The van der Waals surface area contributed by atoms with Crippen molar-refractivity contribution in [3.63, 3.8) is 0 Å². The zero-order valence-electron chi connectivity index (χ0n) is 11.5. The Bertz CT molecular complexity index is 595. The van der Waals surface area contributed by atoms with Crippen molar-refractivity contribution in [2.24, 2.45) is 0 Å². The Hall–Kier alpha value is -2.17. The van der Waals surface area contributed by atoms with Crippen LogP contribution in [0.4, 0.5) is 0 Å². The van der Waals surface area contributed by atoms with Gasteiger partial charge in [-0.15, -0.1) is 5.10 Å². The minimum atomic E-state index is -0.193. The number of carbonyl (C=O) groups is 1. The summed E-state index contributed by atoms with van der Waals surface area (Å²) in [5.74, 6) is 0.818. The van der Waals surface area contributed by atoms with Crippen LogP contribution in [0.5, 0.6) is 0 Å². The van der Waals surface area contributed by atoms with E-state index in [1.807, 2.05) is 12.1 Å². The monoisotopic (exact) mass is 270 g/mol. The molecular formula is C15H18N4O. The third-order valence-corrected chi connectivity index (χ3v) is 3.61. The van der Waals surface area contributed by atoms with Crippen LogP contribution in [0.3, 0.4) is 0 Å². The Morgan fingerprint density at radius 3 is 2.70 bits per heavy atom. The van der Waals surface area contributed by atoms with Gasteiger partial charge < -0.3 is 5.32 Å². The van der Waals surface area contributed by atoms with Crippen LogP contribution in [-0.2, 0) is 19.3 Å². The van der Waals surface area contributed by atoms with Crippen molar-refractivity contribution in [1.82, 2.24) is 20.5 Å². The molecule has 1 heterocycles. The molecule has 5 nitrogen and oxygen atoms in total. The fourth-order valence-corrected chi connectivity index (χ4v) is 2.66. The Morgan fingerprint density at radius 1 is 1.35 bits per heavy atom. The first kappa shape index (κ1) is 12.8. The lowest BCUT2D eigenvalue weighted by Crippen LogP contribution is -2.35. The third-order valence-electron chi connectivity index (χ3n) is 3.61. The number of carbonyl (C=O) groups excluding carboxylic acids is 1. The maximum absolute atomic E-state index is 12.1. The molecule has 0 atom stereocenters. The molecule has 20 heavy (non-hydrogen) atoms. The van der Waals surface area contributed by atoms with Crippen molar-refractivity contribution >= 4 is 5.91 Å². The Balaban J connectivity index is 1.62. The average molecular weight is 270 g/mol. The molecule has 1 amide bonds. The first-order valence-corrected chi connectivity index (χ1v) is 7.05. The topological polar surface area (TPSA) is 70.7 Å². The molecule has 1 aliphatic carbocycles. The van der Waals surface area contributed by atoms with Crippen LogP contribution < -0.4 is 5.32 Å². The first-order valence-electron chi connectivity index (χ1n) is 7.05. The van der Waals surface area contributed by atoms with Crippen molar-refractivity contribution in [3.05, 3.63) is 47.0 Å². The molecule has 3 rings (SSSR count). The molecule has 0 radical (unpaired) electrons. The summed E-state index contributed by atoms with van der Waals surface area (Å²) in [6.07, 6.45) is 3.56. The summed E-state index contributed by atoms with van der Waals surface area (Å²) in [7, 11) is 0. The van der Waals surface area contributed by atoms with Gasteiger partial charge in [0.1, 0.15) is 5.82 Å². The van der Waals surface area contributed by atoms with E-state index in [1.165, 1.54) is 11.1 Å². The van der Waals surface area contributed by atoms with Crippen molar-refractivity contribution in [2.45, 2.75) is 38.6 Å². The summed E-state index contributed by atoms with van der Waals surface area (Å²) in [6.45, 7) is 2.07. The number of hydrogen-bond acceptors (Lipinski definition) is 3. The van der Waals surface area contributed by atoms with E-state index in [1.54, 1.807) is 0 Å². The number of aromatic amines is 1. The van der Waals surface area contributed by atoms with E-state index in [-0.39, 0.29) is 17.8 Å². The highest BCUT2D eigenvalue weighted by Gasteiger charge is 2.24. The number of rotatable bonds is 4. The van der Waals surface area contributed by atoms with E-state index in [9.17, 15) is 4.79 Å². The van der Waals surface area contributed by atoms with Crippen LogP contribution in [0.2, 0.25) is 0 Å². The predicted molar refractivity (Wildman–Crippen MR) is 75.5 cm³/mol. The molecule has 0 aliphatic heterocycles. The standard InChI is InChI=1S/C15H18N4O/c1-2-5-13-17-14(19-18-13)15(20)16-12-8-10-6-3-4-7-11(10)9-12/h3-4,6-7,12H,2,5,8-9H2,1H3,(H,16,20)(H,17,18,19). The van der Waals surface area contributed by atoms with E-state index in [0.29, 0.717) is 0 Å². The quantitative estimate of drug-likeness (QED) is 0.887. The van der Waals surface area contributed by atoms with E-state index in [2.05, 4.69) is 39.6 Å². The molecule has 1 aromatic carbocycles. The lowest BCUT2D eigenvalue weighted by Gasteiger charge is -2.09. The lowest BCUT2D eigenvalue weighted by molar-refractivity contribution is 0.0928. The van der Waals surface area contributed by atoms with Gasteiger partial charge in [-0.2, -0.15) is 0 Å². The second-order valence-corrected chi connectivity index (χ2v) is 5.20. The Labute approximate surface area is 117 Å². The molecule has 0 spiro atoms. The van der Waals surface area contributed by atoms with Gasteiger partial charge in [-0.25, -0.2) is 4.98 Å². The van der Waals surface area contributed by atoms with E-state index >= 15 is 0 Å². The predicted octanol–water partition coefficient (Wildman–Crippen LogP) is 1.65. The van der Waals surface area contributed by atoms with E-state index in [4.69, 9.17) is 0 Å². The number of aromatic nitrogens is 3. The second-order valence-electron chi connectivity index (χ2n) is 5.20. The van der Waals surface area contributed by atoms with Gasteiger partial charge in [-0.3, -0.25) is 9.89 Å². The first-order chi connectivity index (χ1) is 9.76. The van der Waals surface area contributed by atoms with Crippen LogP contribution in [0.25, 0.3) is 0 Å². The highest BCUT2D eigenvalue weighted by molar-refractivity contribution is 5.90. The SMILES string of the molecule is CCCc1nc(C(=O)NC2Cc3ccccc3C2)n[nH]1. The maximum Gasteiger partial charge on any atom is 0.291 e.